The predicted octanol–water partition coefficient (Wildman–Crippen LogP) is 4.61. The van der Waals surface area contributed by atoms with Crippen molar-refractivity contribution in [2.75, 3.05) is 6.79 Å². The molecule has 4 nitrogen and oxygen atoms in total. The Labute approximate surface area is 150 Å². The maximum Gasteiger partial charge on any atom is 0.244 e. The van der Waals surface area contributed by atoms with Crippen LogP contribution < -0.4 is 14.8 Å². The van der Waals surface area contributed by atoms with Crippen molar-refractivity contribution in [2.45, 2.75) is 13.0 Å². The molecule has 0 spiro atoms. The summed E-state index contributed by atoms with van der Waals surface area (Å²) in [7, 11) is 0. The molecule has 1 unspecified atom stereocenters. The van der Waals surface area contributed by atoms with Gasteiger partial charge in [-0.15, -0.1) is 0 Å². The first-order valence-corrected chi connectivity index (χ1v) is 8.12. The van der Waals surface area contributed by atoms with Crippen LogP contribution in [0, 0.1) is 0 Å². The average Bonchev–Trinajstić information content (AvgIpc) is 3.01. The Kier molecular flexibility index (Phi) is 4.97. The van der Waals surface area contributed by atoms with Crippen LogP contribution in [0.4, 0.5) is 0 Å². The lowest BCUT2D eigenvalue weighted by atomic mass is 10.1. The molecule has 0 saturated heterocycles. The lowest BCUT2D eigenvalue weighted by Crippen LogP contribution is -2.24. The Hall–Kier alpha value is -2.17. The Morgan fingerprint density at radius 2 is 1.96 bits per heavy atom. The fourth-order valence-corrected chi connectivity index (χ4v) is 2.80. The number of carbonyl (C=O) groups is 1. The molecule has 0 fully saturated rings. The van der Waals surface area contributed by atoms with Gasteiger partial charge in [0, 0.05) is 16.1 Å². The molecule has 0 aromatic heterocycles. The van der Waals surface area contributed by atoms with Gasteiger partial charge in [0.25, 0.3) is 0 Å². The second-order valence-corrected chi connectivity index (χ2v) is 6.19. The molecule has 1 heterocycles. The molecule has 1 atom stereocenters. The molecule has 3 rings (SSSR count). The molecule has 1 amide bonds. The molecule has 2 aromatic carbocycles. The van der Waals surface area contributed by atoms with Crippen LogP contribution in [0.15, 0.2) is 42.5 Å². The van der Waals surface area contributed by atoms with Crippen molar-refractivity contribution in [1.29, 1.82) is 0 Å². The van der Waals surface area contributed by atoms with Crippen molar-refractivity contribution in [3.63, 3.8) is 0 Å². The molecule has 124 valence electrons. The maximum atomic E-state index is 12.1. The number of fused-ring (bicyclic) bond motifs is 1. The Morgan fingerprint density at radius 3 is 2.75 bits per heavy atom. The molecule has 0 bridgehead atoms. The maximum absolute atomic E-state index is 12.1. The number of nitrogens with one attached hydrogen (secondary N) is 1. The summed E-state index contributed by atoms with van der Waals surface area (Å²) in [6, 6.07) is 10.6. The molecule has 1 aliphatic heterocycles. The second-order valence-electron chi connectivity index (χ2n) is 5.34. The van der Waals surface area contributed by atoms with E-state index < -0.39 is 0 Å². The largest absolute Gasteiger partial charge is 0.454 e. The van der Waals surface area contributed by atoms with Gasteiger partial charge in [-0.3, -0.25) is 4.79 Å². The minimum atomic E-state index is -0.216. The van der Waals surface area contributed by atoms with Gasteiger partial charge < -0.3 is 14.8 Å². The van der Waals surface area contributed by atoms with Crippen molar-refractivity contribution >= 4 is 35.2 Å². The number of amides is 1. The molecule has 24 heavy (non-hydrogen) atoms. The Morgan fingerprint density at radius 1 is 1.17 bits per heavy atom. The van der Waals surface area contributed by atoms with Crippen molar-refractivity contribution in [3.05, 3.63) is 63.6 Å². The molecule has 2 aromatic rings. The van der Waals surface area contributed by atoms with E-state index in [9.17, 15) is 4.79 Å². The van der Waals surface area contributed by atoms with Crippen LogP contribution >= 0.6 is 23.2 Å². The van der Waals surface area contributed by atoms with Crippen LogP contribution in [0.1, 0.15) is 24.1 Å². The van der Waals surface area contributed by atoms with Crippen LogP contribution in [-0.4, -0.2) is 12.7 Å². The highest BCUT2D eigenvalue weighted by Crippen LogP contribution is 2.34. The van der Waals surface area contributed by atoms with Gasteiger partial charge >= 0.3 is 0 Å². The van der Waals surface area contributed by atoms with E-state index in [1.54, 1.807) is 24.3 Å². The van der Waals surface area contributed by atoms with Crippen LogP contribution in [-0.2, 0) is 4.79 Å². The first-order valence-electron chi connectivity index (χ1n) is 7.36. The minimum absolute atomic E-state index is 0.169. The number of ether oxygens (including phenoxy) is 2. The monoisotopic (exact) mass is 363 g/mol. The van der Waals surface area contributed by atoms with Crippen LogP contribution in [0.3, 0.4) is 0 Å². The molecule has 0 aliphatic carbocycles. The number of rotatable bonds is 4. The number of hydrogen-bond donors (Lipinski definition) is 1. The fraction of sp³-hybridized carbons (Fsp3) is 0.167. The number of carbonyl (C=O) groups excluding carboxylic acids is 1. The highest BCUT2D eigenvalue weighted by Gasteiger charge is 2.16. The van der Waals surface area contributed by atoms with Gasteiger partial charge in [-0.25, -0.2) is 0 Å². The molecule has 1 aliphatic rings. The van der Waals surface area contributed by atoms with E-state index in [-0.39, 0.29) is 18.7 Å². The molecule has 6 heteroatoms. The summed E-state index contributed by atoms with van der Waals surface area (Å²) >= 11 is 11.9. The third-order valence-corrected chi connectivity index (χ3v) is 4.19. The van der Waals surface area contributed by atoms with Gasteiger partial charge in [-0.2, -0.15) is 0 Å². The van der Waals surface area contributed by atoms with E-state index in [1.807, 2.05) is 25.1 Å². The first kappa shape index (κ1) is 16.7. The molecule has 1 N–H and O–H groups in total. The molecular formula is C18H15Cl2NO3. The van der Waals surface area contributed by atoms with Crippen molar-refractivity contribution in [2.24, 2.45) is 0 Å². The second kappa shape index (κ2) is 7.16. The van der Waals surface area contributed by atoms with Crippen LogP contribution in [0.5, 0.6) is 11.5 Å². The van der Waals surface area contributed by atoms with E-state index in [1.165, 1.54) is 6.08 Å². The van der Waals surface area contributed by atoms with E-state index >= 15 is 0 Å². The molecule has 0 radical (unpaired) electrons. The SMILES string of the molecule is CC(NC(=O)/C=C/c1ccc(Cl)cc1Cl)c1ccc2c(c1)OCO2. The van der Waals surface area contributed by atoms with Gasteiger partial charge in [0.15, 0.2) is 11.5 Å². The van der Waals surface area contributed by atoms with Gasteiger partial charge in [0.05, 0.1) is 6.04 Å². The first-order chi connectivity index (χ1) is 11.5. The quantitative estimate of drug-likeness (QED) is 0.806. The molecule has 0 saturated carbocycles. The number of halogens is 2. The smallest absolute Gasteiger partial charge is 0.244 e. The van der Waals surface area contributed by atoms with Crippen LogP contribution in [0.25, 0.3) is 6.08 Å². The third kappa shape index (κ3) is 3.83. The highest BCUT2D eigenvalue weighted by atomic mass is 35.5. The minimum Gasteiger partial charge on any atom is -0.454 e. The molecular weight excluding hydrogens is 349 g/mol. The fourth-order valence-electron chi connectivity index (χ4n) is 2.33. The standard InChI is InChI=1S/C18H15Cl2NO3/c1-11(13-3-6-16-17(8-13)24-10-23-16)21-18(22)7-4-12-2-5-14(19)9-15(12)20/h2-9,11H,10H2,1H3,(H,21,22)/b7-4+. The summed E-state index contributed by atoms with van der Waals surface area (Å²) in [5.41, 5.74) is 1.66. The van der Waals surface area contributed by atoms with Crippen molar-refractivity contribution < 1.29 is 14.3 Å². The van der Waals surface area contributed by atoms with Crippen molar-refractivity contribution in [3.8, 4) is 11.5 Å². The summed E-state index contributed by atoms with van der Waals surface area (Å²) in [5.74, 6) is 1.19. The zero-order valence-electron chi connectivity index (χ0n) is 12.9. The topological polar surface area (TPSA) is 47.6 Å². The zero-order chi connectivity index (χ0) is 17.1. The van der Waals surface area contributed by atoms with E-state index in [2.05, 4.69) is 5.32 Å². The van der Waals surface area contributed by atoms with Crippen molar-refractivity contribution in [1.82, 2.24) is 5.32 Å². The Bertz CT molecular complexity index is 805. The summed E-state index contributed by atoms with van der Waals surface area (Å²) in [6.45, 7) is 2.13. The summed E-state index contributed by atoms with van der Waals surface area (Å²) in [4.78, 5) is 12.1. The number of hydrogen-bond acceptors (Lipinski definition) is 3. The Balaban J connectivity index is 1.64. The van der Waals surface area contributed by atoms with Gasteiger partial charge in [-0.1, -0.05) is 35.3 Å². The summed E-state index contributed by atoms with van der Waals surface area (Å²) < 4.78 is 10.6. The predicted molar refractivity (Wildman–Crippen MR) is 94.6 cm³/mol. The summed E-state index contributed by atoms with van der Waals surface area (Å²) in [5, 5.41) is 3.95. The van der Waals surface area contributed by atoms with E-state index in [0.717, 1.165) is 16.9 Å². The van der Waals surface area contributed by atoms with E-state index in [0.29, 0.717) is 15.8 Å². The normalized spacial score (nSPS) is 14.0. The zero-order valence-corrected chi connectivity index (χ0v) is 14.4. The lowest BCUT2D eigenvalue weighted by molar-refractivity contribution is -0.117. The van der Waals surface area contributed by atoms with E-state index in [4.69, 9.17) is 32.7 Å². The third-order valence-electron chi connectivity index (χ3n) is 3.63. The summed E-state index contributed by atoms with van der Waals surface area (Å²) in [6.07, 6.45) is 3.10. The highest BCUT2D eigenvalue weighted by molar-refractivity contribution is 6.35. The van der Waals surface area contributed by atoms with Gasteiger partial charge in [-0.05, 0) is 48.4 Å². The number of benzene rings is 2. The van der Waals surface area contributed by atoms with Gasteiger partial charge in [0.1, 0.15) is 0 Å². The average molecular weight is 364 g/mol. The van der Waals surface area contributed by atoms with Crippen LogP contribution in [0.2, 0.25) is 10.0 Å². The van der Waals surface area contributed by atoms with Gasteiger partial charge in [0.2, 0.25) is 12.7 Å². The lowest BCUT2D eigenvalue weighted by Gasteiger charge is -2.13.